The fourth-order valence-electron chi connectivity index (χ4n) is 0.286. The van der Waals surface area contributed by atoms with Gasteiger partial charge in [0.15, 0.2) is 0 Å². The molecule has 0 aliphatic carbocycles. The van der Waals surface area contributed by atoms with Gasteiger partial charge in [-0.2, -0.15) is 12.6 Å². The summed E-state index contributed by atoms with van der Waals surface area (Å²) in [5, 5.41) is 10.6. The molecule has 0 aromatic rings. The molecule has 0 unspecified atom stereocenters. The number of terminal acetylenes is 1. The minimum atomic E-state index is -0.983. The molecule has 3 nitrogen and oxygen atoms in total. The number of hydrogen-bond acceptors (Lipinski definition) is 3. The van der Waals surface area contributed by atoms with E-state index in [0.717, 1.165) is 0 Å². The summed E-state index contributed by atoms with van der Waals surface area (Å²) in [5.41, 5.74) is 0. The van der Waals surface area contributed by atoms with E-state index in [1.807, 2.05) is 6.04 Å². The summed E-state index contributed by atoms with van der Waals surface area (Å²) in [5.74, 6) is -0.789. The molecule has 0 aliphatic rings. The Morgan fingerprint density at radius 2 is 2.56 bits per heavy atom. The van der Waals surface area contributed by atoms with Gasteiger partial charge in [-0.3, -0.25) is 0 Å². The van der Waals surface area contributed by atoms with Gasteiger partial charge in [0.05, 0.1) is 0 Å². The first-order valence-electron chi connectivity index (χ1n) is 2.27. The Bertz CT molecular complexity index is 140. The van der Waals surface area contributed by atoms with Crippen LogP contribution in [-0.2, 0) is 4.79 Å². The molecule has 0 amide bonds. The molecule has 50 valence electrons. The maximum absolute atomic E-state index is 10.1. The van der Waals surface area contributed by atoms with Crippen LogP contribution in [0.3, 0.4) is 0 Å². The highest BCUT2D eigenvalue weighted by atomic mass is 32.1. The molecule has 0 saturated carbocycles. The Morgan fingerprint density at radius 3 is 2.67 bits per heavy atom. The van der Waals surface area contributed by atoms with Crippen LogP contribution >= 0.6 is 12.6 Å². The van der Waals surface area contributed by atoms with E-state index in [-0.39, 0.29) is 5.75 Å². The second-order valence-corrected chi connectivity index (χ2v) is 1.73. The van der Waals surface area contributed by atoms with Gasteiger partial charge in [-0.15, -0.1) is 0 Å². The van der Waals surface area contributed by atoms with Crippen molar-refractivity contribution in [3.8, 4) is 12.5 Å². The Morgan fingerprint density at radius 1 is 2.00 bits per heavy atom. The number of hydrogen-bond donors (Lipinski definition) is 3. The lowest BCUT2D eigenvalue weighted by atomic mass is 10.3. The normalized spacial score (nSPS) is 11.6. The predicted octanol–water partition coefficient (Wildman–Crippen LogP) is -0.450. The number of carboxylic acid groups (broad SMARTS) is 1. The number of carboxylic acids is 1. The van der Waals surface area contributed by atoms with Crippen LogP contribution in [0.5, 0.6) is 0 Å². The van der Waals surface area contributed by atoms with Gasteiger partial charge < -0.3 is 10.4 Å². The van der Waals surface area contributed by atoms with Crippen molar-refractivity contribution >= 4 is 18.6 Å². The van der Waals surface area contributed by atoms with Gasteiger partial charge >= 0.3 is 5.97 Å². The quantitative estimate of drug-likeness (QED) is 0.286. The van der Waals surface area contributed by atoms with Gasteiger partial charge in [0.1, 0.15) is 6.04 Å². The van der Waals surface area contributed by atoms with E-state index >= 15 is 0 Å². The zero-order chi connectivity index (χ0) is 7.28. The van der Waals surface area contributed by atoms with Crippen LogP contribution in [0.15, 0.2) is 0 Å². The highest BCUT2D eigenvalue weighted by molar-refractivity contribution is 7.80. The Balaban J connectivity index is 3.71. The molecule has 0 saturated heterocycles. The zero-order valence-electron chi connectivity index (χ0n) is 4.66. The molecule has 0 radical (unpaired) electrons. The van der Waals surface area contributed by atoms with Crippen LogP contribution in [0.1, 0.15) is 0 Å². The smallest absolute Gasteiger partial charge is 0.327 e. The van der Waals surface area contributed by atoms with E-state index in [1.54, 1.807) is 0 Å². The van der Waals surface area contributed by atoms with Gasteiger partial charge in [0.2, 0.25) is 0 Å². The van der Waals surface area contributed by atoms with Gasteiger partial charge in [-0.05, 0) is 0 Å². The summed E-state index contributed by atoms with van der Waals surface area (Å²) in [6, 6.07) is 1.28. The van der Waals surface area contributed by atoms with Gasteiger partial charge in [-0.25, -0.2) is 4.79 Å². The monoisotopic (exact) mass is 145 g/mol. The molecule has 4 heteroatoms. The van der Waals surface area contributed by atoms with Crippen molar-refractivity contribution in [1.82, 2.24) is 5.32 Å². The predicted molar refractivity (Wildman–Crippen MR) is 37.2 cm³/mol. The minimum Gasteiger partial charge on any atom is -0.480 e. The summed E-state index contributed by atoms with van der Waals surface area (Å²) in [6.07, 6.45) is 4.78. The summed E-state index contributed by atoms with van der Waals surface area (Å²) in [4.78, 5) is 10.1. The lowest BCUT2D eigenvalue weighted by Crippen LogP contribution is -2.34. The maximum Gasteiger partial charge on any atom is 0.327 e. The molecule has 0 aliphatic heterocycles. The average molecular weight is 145 g/mol. The van der Waals surface area contributed by atoms with Crippen LogP contribution in [0.4, 0.5) is 0 Å². The first-order chi connectivity index (χ1) is 4.22. The SMILES string of the molecule is C#CN[C@@H](CS)C(=O)O. The van der Waals surface area contributed by atoms with E-state index in [0.29, 0.717) is 0 Å². The summed E-state index contributed by atoms with van der Waals surface area (Å²) >= 11 is 3.75. The summed E-state index contributed by atoms with van der Waals surface area (Å²) in [7, 11) is 0. The number of carbonyl (C=O) groups is 1. The minimum absolute atomic E-state index is 0.194. The molecule has 9 heavy (non-hydrogen) atoms. The van der Waals surface area contributed by atoms with Gasteiger partial charge in [0, 0.05) is 11.8 Å². The van der Waals surface area contributed by atoms with Crippen LogP contribution in [0.25, 0.3) is 0 Å². The van der Waals surface area contributed by atoms with E-state index in [9.17, 15) is 4.79 Å². The van der Waals surface area contributed by atoms with Crippen molar-refractivity contribution in [2.24, 2.45) is 0 Å². The molecular weight excluding hydrogens is 138 g/mol. The Hall–Kier alpha value is -0.820. The van der Waals surface area contributed by atoms with Crippen molar-refractivity contribution in [3.05, 3.63) is 0 Å². The highest BCUT2D eigenvalue weighted by Crippen LogP contribution is 1.85. The Labute approximate surface area is 58.9 Å². The highest BCUT2D eigenvalue weighted by Gasteiger charge is 2.11. The van der Waals surface area contributed by atoms with Crippen molar-refractivity contribution in [2.75, 3.05) is 5.75 Å². The van der Waals surface area contributed by atoms with Gasteiger partial charge in [-0.1, -0.05) is 6.42 Å². The average Bonchev–Trinajstić information content (AvgIpc) is 1.82. The molecule has 0 heterocycles. The molecule has 0 aromatic heterocycles. The van der Waals surface area contributed by atoms with Crippen molar-refractivity contribution in [1.29, 1.82) is 0 Å². The van der Waals surface area contributed by atoms with Crippen molar-refractivity contribution in [3.63, 3.8) is 0 Å². The fourth-order valence-corrected chi connectivity index (χ4v) is 0.534. The summed E-state index contributed by atoms with van der Waals surface area (Å²) < 4.78 is 0. The van der Waals surface area contributed by atoms with E-state index < -0.39 is 12.0 Å². The first-order valence-corrected chi connectivity index (χ1v) is 2.90. The van der Waals surface area contributed by atoms with Crippen LogP contribution in [0.2, 0.25) is 0 Å². The van der Waals surface area contributed by atoms with E-state index in [4.69, 9.17) is 11.5 Å². The maximum atomic E-state index is 10.1. The summed E-state index contributed by atoms with van der Waals surface area (Å²) in [6.45, 7) is 0. The number of aliphatic carboxylic acids is 1. The van der Waals surface area contributed by atoms with E-state index in [1.165, 1.54) is 0 Å². The number of nitrogens with one attached hydrogen (secondary N) is 1. The molecule has 0 rings (SSSR count). The van der Waals surface area contributed by atoms with Gasteiger partial charge in [0.25, 0.3) is 0 Å². The largest absolute Gasteiger partial charge is 0.480 e. The standard InChI is InChI=1S/C5H7NO2S/c1-2-6-4(3-9)5(7)8/h1,4,6,9H,3H2,(H,7,8)/t4-/m0/s1. The topological polar surface area (TPSA) is 49.3 Å². The first kappa shape index (κ1) is 8.18. The number of thiol groups is 1. The third-order valence-corrected chi connectivity index (χ3v) is 1.10. The third-order valence-electron chi connectivity index (χ3n) is 0.738. The lowest BCUT2D eigenvalue weighted by Gasteiger charge is -2.04. The molecule has 2 N–H and O–H groups in total. The lowest BCUT2D eigenvalue weighted by molar-refractivity contribution is -0.138. The molecule has 0 bridgehead atoms. The van der Waals surface area contributed by atoms with Crippen molar-refractivity contribution in [2.45, 2.75) is 6.04 Å². The Kier molecular flexibility index (Phi) is 3.72. The molecule has 0 spiro atoms. The van der Waals surface area contributed by atoms with Crippen LogP contribution < -0.4 is 5.32 Å². The second-order valence-electron chi connectivity index (χ2n) is 1.36. The zero-order valence-corrected chi connectivity index (χ0v) is 5.56. The third kappa shape index (κ3) is 2.88. The fraction of sp³-hybridized carbons (Fsp3) is 0.400. The van der Waals surface area contributed by atoms with E-state index in [2.05, 4.69) is 17.9 Å². The molecule has 0 fully saturated rings. The molecule has 0 aromatic carbocycles. The van der Waals surface area contributed by atoms with Crippen LogP contribution in [-0.4, -0.2) is 22.9 Å². The second kappa shape index (κ2) is 4.10. The molecule has 1 atom stereocenters. The van der Waals surface area contributed by atoms with Crippen molar-refractivity contribution < 1.29 is 9.90 Å². The number of rotatable bonds is 3. The molecular formula is C5H7NO2S. The van der Waals surface area contributed by atoms with Crippen LogP contribution in [0, 0.1) is 12.5 Å².